The average molecular weight is 273 g/mol. The molecule has 0 aliphatic heterocycles. The second kappa shape index (κ2) is 7.91. The van der Waals surface area contributed by atoms with Crippen LogP contribution in [0.4, 0.5) is 5.69 Å². The smallest absolute Gasteiger partial charge is 0.105 e. The molecule has 0 heterocycles. The van der Waals surface area contributed by atoms with Gasteiger partial charge in [-0.1, -0.05) is 24.6 Å². The molecule has 3 nitrogen and oxygen atoms in total. The van der Waals surface area contributed by atoms with Crippen LogP contribution in [0.25, 0.3) is 0 Å². The van der Waals surface area contributed by atoms with Crippen molar-refractivity contribution in [3.05, 3.63) is 29.8 Å². The van der Waals surface area contributed by atoms with Crippen LogP contribution in [0, 0.1) is 18.3 Å². The van der Waals surface area contributed by atoms with Crippen molar-refractivity contribution in [1.82, 2.24) is 5.32 Å². The summed E-state index contributed by atoms with van der Waals surface area (Å²) in [4.78, 5) is 2.32. The predicted molar refractivity (Wildman–Crippen MR) is 86.0 cm³/mol. The number of hydrogen-bond acceptors (Lipinski definition) is 3. The summed E-state index contributed by atoms with van der Waals surface area (Å²) in [6.07, 6.45) is 1.87. The molecule has 20 heavy (non-hydrogen) atoms. The topological polar surface area (TPSA) is 39.1 Å². The van der Waals surface area contributed by atoms with Gasteiger partial charge in [0, 0.05) is 18.8 Å². The van der Waals surface area contributed by atoms with Gasteiger partial charge in [0.1, 0.15) is 5.54 Å². The Balaban J connectivity index is 2.64. The summed E-state index contributed by atoms with van der Waals surface area (Å²) in [7, 11) is 0. The van der Waals surface area contributed by atoms with Gasteiger partial charge in [-0.2, -0.15) is 5.26 Å². The predicted octanol–water partition coefficient (Wildman–Crippen LogP) is 3.49. The molecule has 1 aromatic rings. The zero-order valence-corrected chi connectivity index (χ0v) is 13.2. The lowest BCUT2D eigenvalue weighted by atomic mass is 9.99. The van der Waals surface area contributed by atoms with E-state index < -0.39 is 5.54 Å². The van der Waals surface area contributed by atoms with E-state index in [9.17, 15) is 5.26 Å². The van der Waals surface area contributed by atoms with Crippen LogP contribution in [-0.2, 0) is 0 Å². The molecule has 0 fully saturated rings. The maximum atomic E-state index is 9.37. The van der Waals surface area contributed by atoms with Gasteiger partial charge < -0.3 is 4.90 Å². The van der Waals surface area contributed by atoms with Gasteiger partial charge in [0.25, 0.3) is 0 Å². The fourth-order valence-corrected chi connectivity index (χ4v) is 2.17. The summed E-state index contributed by atoms with van der Waals surface area (Å²) < 4.78 is 0. The Labute approximate surface area is 123 Å². The van der Waals surface area contributed by atoms with Crippen LogP contribution >= 0.6 is 0 Å². The molecule has 0 spiro atoms. The third-order valence-electron chi connectivity index (χ3n) is 3.67. The molecule has 0 aliphatic rings. The SMILES string of the molecule is CCCNC(C)(C#N)CCN(CC)c1ccc(C)cc1. The van der Waals surface area contributed by atoms with Gasteiger partial charge in [0.05, 0.1) is 6.07 Å². The van der Waals surface area contributed by atoms with Gasteiger partial charge in [-0.25, -0.2) is 0 Å². The lowest BCUT2D eigenvalue weighted by molar-refractivity contribution is 0.419. The Bertz CT molecular complexity index is 433. The molecule has 0 bridgehead atoms. The van der Waals surface area contributed by atoms with Gasteiger partial charge in [-0.05, 0) is 52.3 Å². The molecule has 0 radical (unpaired) electrons. The first-order valence-corrected chi connectivity index (χ1v) is 7.52. The minimum atomic E-state index is -0.436. The van der Waals surface area contributed by atoms with Gasteiger partial charge >= 0.3 is 0 Å². The molecule has 0 saturated carbocycles. The first kappa shape index (κ1) is 16.5. The number of nitriles is 1. The summed E-state index contributed by atoms with van der Waals surface area (Å²) in [6.45, 7) is 11.1. The number of rotatable bonds is 8. The van der Waals surface area contributed by atoms with E-state index in [-0.39, 0.29) is 0 Å². The highest BCUT2D eigenvalue weighted by atomic mass is 15.1. The van der Waals surface area contributed by atoms with Crippen molar-refractivity contribution < 1.29 is 0 Å². The van der Waals surface area contributed by atoms with E-state index in [0.29, 0.717) is 0 Å². The van der Waals surface area contributed by atoms with Crippen molar-refractivity contribution in [3.63, 3.8) is 0 Å². The van der Waals surface area contributed by atoms with Crippen LogP contribution in [0.3, 0.4) is 0 Å². The van der Waals surface area contributed by atoms with Crippen LogP contribution in [0.15, 0.2) is 24.3 Å². The summed E-state index contributed by atoms with van der Waals surface area (Å²) in [6, 6.07) is 11.0. The molecule has 0 amide bonds. The van der Waals surface area contributed by atoms with Crippen molar-refractivity contribution in [2.24, 2.45) is 0 Å². The van der Waals surface area contributed by atoms with Crippen LogP contribution in [-0.4, -0.2) is 25.2 Å². The molecule has 0 saturated heterocycles. The Kier molecular flexibility index (Phi) is 6.54. The molecular formula is C17H27N3. The molecule has 110 valence electrons. The van der Waals surface area contributed by atoms with E-state index in [2.05, 4.69) is 61.3 Å². The van der Waals surface area contributed by atoms with Crippen molar-refractivity contribution in [2.45, 2.75) is 46.1 Å². The summed E-state index contributed by atoms with van der Waals surface area (Å²) in [5, 5.41) is 12.7. The zero-order chi connectivity index (χ0) is 15.0. The molecule has 1 aromatic carbocycles. The van der Waals surface area contributed by atoms with Gasteiger partial charge in [-0.3, -0.25) is 5.32 Å². The molecule has 1 N–H and O–H groups in total. The maximum Gasteiger partial charge on any atom is 0.105 e. The van der Waals surface area contributed by atoms with Crippen molar-refractivity contribution in [2.75, 3.05) is 24.5 Å². The number of hydrogen-bond donors (Lipinski definition) is 1. The number of nitrogens with one attached hydrogen (secondary N) is 1. The van der Waals surface area contributed by atoms with E-state index in [1.54, 1.807) is 0 Å². The third kappa shape index (κ3) is 4.86. The lowest BCUT2D eigenvalue weighted by Crippen LogP contribution is -2.44. The second-order valence-electron chi connectivity index (χ2n) is 5.54. The summed E-state index contributed by atoms with van der Waals surface area (Å²) in [5.41, 5.74) is 2.07. The largest absolute Gasteiger partial charge is 0.372 e. The van der Waals surface area contributed by atoms with Crippen molar-refractivity contribution in [3.8, 4) is 6.07 Å². The first-order valence-electron chi connectivity index (χ1n) is 7.52. The minimum Gasteiger partial charge on any atom is -0.372 e. The normalized spacial score (nSPS) is 13.6. The van der Waals surface area contributed by atoms with Crippen LogP contribution in [0.2, 0.25) is 0 Å². The Morgan fingerprint density at radius 1 is 1.25 bits per heavy atom. The second-order valence-corrected chi connectivity index (χ2v) is 5.54. The molecular weight excluding hydrogens is 246 g/mol. The minimum absolute atomic E-state index is 0.436. The lowest BCUT2D eigenvalue weighted by Gasteiger charge is -2.29. The molecule has 0 aliphatic carbocycles. The first-order chi connectivity index (χ1) is 9.54. The fraction of sp³-hybridized carbons (Fsp3) is 0.588. The Hall–Kier alpha value is -1.53. The van der Waals surface area contributed by atoms with Gasteiger partial charge in [0.15, 0.2) is 0 Å². The van der Waals surface area contributed by atoms with Crippen LogP contribution in [0.5, 0.6) is 0 Å². The van der Waals surface area contributed by atoms with Crippen LogP contribution in [0.1, 0.15) is 39.2 Å². The molecule has 1 atom stereocenters. The molecule has 1 rings (SSSR count). The number of nitrogens with zero attached hydrogens (tertiary/aromatic N) is 2. The summed E-state index contributed by atoms with van der Waals surface area (Å²) in [5.74, 6) is 0. The molecule has 1 unspecified atom stereocenters. The monoisotopic (exact) mass is 273 g/mol. The van der Waals surface area contributed by atoms with Crippen molar-refractivity contribution >= 4 is 5.69 Å². The highest BCUT2D eigenvalue weighted by molar-refractivity contribution is 5.47. The Morgan fingerprint density at radius 2 is 1.90 bits per heavy atom. The highest BCUT2D eigenvalue weighted by Gasteiger charge is 2.23. The van der Waals surface area contributed by atoms with E-state index in [1.165, 1.54) is 11.3 Å². The van der Waals surface area contributed by atoms with Crippen molar-refractivity contribution in [1.29, 1.82) is 5.26 Å². The average Bonchev–Trinajstić information content (AvgIpc) is 2.47. The number of benzene rings is 1. The van der Waals surface area contributed by atoms with E-state index in [0.717, 1.165) is 32.5 Å². The Morgan fingerprint density at radius 3 is 2.40 bits per heavy atom. The van der Waals surface area contributed by atoms with Gasteiger partial charge in [0.2, 0.25) is 0 Å². The highest BCUT2D eigenvalue weighted by Crippen LogP contribution is 2.17. The van der Waals surface area contributed by atoms with E-state index in [4.69, 9.17) is 0 Å². The van der Waals surface area contributed by atoms with Crippen LogP contribution < -0.4 is 10.2 Å². The number of anilines is 1. The zero-order valence-electron chi connectivity index (χ0n) is 13.2. The fourth-order valence-electron chi connectivity index (χ4n) is 2.17. The number of aryl methyl sites for hydroxylation is 1. The molecule has 0 aromatic heterocycles. The van der Waals surface area contributed by atoms with E-state index >= 15 is 0 Å². The summed E-state index contributed by atoms with van der Waals surface area (Å²) >= 11 is 0. The quantitative estimate of drug-likeness (QED) is 0.788. The van der Waals surface area contributed by atoms with Gasteiger partial charge in [-0.15, -0.1) is 0 Å². The van der Waals surface area contributed by atoms with E-state index in [1.807, 2.05) is 6.92 Å². The molecule has 3 heteroatoms. The standard InChI is InChI=1S/C17H27N3/c1-5-12-19-17(4,14-18)11-13-20(6-2)16-9-7-15(3)8-10-16/h7-10,19H,5-6,11-13H2,1-4H3. The third-order valence-corrected chi connectivity index (χ3v) is 3.67. The maximum absolute atomic E-state index is 9.37.